The highest BCUT2D eigenvalue weighted by atomic mass is 32.1. The number of carboxylic acid groups (broad SMARTS) is 1. The van der Waals surface area contributed by atoms with Gasteiger partial charge in [-0.15, -0.1) is 11.3 Å². The zero-order valence-electron chi connectivity index (χ0n) is 19.0. The van der Waals surface area contributed by atoms with E-state index in [0.29, 0.717) is 23.4 Å². The van der Waals surface area contributed by atoms with Crippen LogP contribution in [0.25, 0.3) is 11.1 Å². The van der Waals surface area contributed by atoms with Gasteiger partial charge in [-0.2, -0.15) is 0 Å². The first kappa shape index (κ1) is 23.7. The van der Waals surface area contributed by atoms with E-state index in [1.54, 1.807) is 6.08 Å². The van der Waals surface area contributed by atoms with Crippen molar-refractivity contribution in [2.75, 3.05) is 12.4 Å². The number of aryl methyl sites for hydroxylation is 1. The lowest BCUT2D eigenvalue weighted by Crippen LogP contribution is -2.34. The second kappa shape index (κ2) is 9.28. The molecule has 0 bridgehead atoms. The summed E-state index contributed by atoms with van der Waals surface area (Å²) in [7, 11) is 1.31. The Morgan fingerprint density at radius 2 is 1.66 bits per heavy atom. The van der Waals surface area contributed by atoms with Gasteiger partial charge in [-0.05, 0) is 36.3 Å². The Hall–Kier alpha value is -2.93. The number of carboxylic acids is 1. The number of methoxy groups -OCH3 is 1. The van der Waals surface area contributed by atoms with Gasteiger partial charge in [-0.25, -0.2) is 4.79 Å². The van der Waals surface area contributed by atoms with Crippen molar-refractivity contribution < 1.29 is 24.2 Å². The fraction of sp³-hybridized carbons (Fsp3) is 0.400. The SMILES string of the molecule is COC(=O)c1c(NC(=O)[C@@H]2CC=CC[C@H]2C(=O)O)sc(C)c1-c1ccc(C(C)(C)C)cc1. The van der Waals surface area contributed by atoms with E-state index in [4.69, 9.17) is 4.74 Å². The van der Waals surface area contributed by atoms with Crippen molar-refractivity contribution in [3.63, 3.8) is 0 Å². The maximum absolute atomic E-state index is 13.0. The van der Waals surface area contributed by atoms with E-state index in [0.717, 1.165) is 16.0 Å². The number of carbonyl (C=O) groups is 3. The smallest absolute Gasteiger partial charge is 0.341 e. The van der Waals surface area contributed by atoms with Crippen molar-refractivity contribution in [2.45, 2.75) is 46.0 Å². The Bertz CT molecular complexity index is 1060. The zero-order valence-corrected chi connectivity index (χ0v) is 19.8. The van der Waals surface area contributed by atoms with Crippen LogP contribution in [0.1, 0.15) is 54.4 Å². The molecule has 2 N–H and O–H groups in total. The number of hydrogen-bond donors (Lipinski definition) is 2. The van der Waals surface area contributed by atoms with Crippen LogP contribution < -0.4 is 5.32 Å². The molecule has 0 unspecified atom stereocenters. The third kappa shape index (κ3) is 4.78. The van der Waals surface area contributed by atoms with Crippen LogP contribution in [0.3, 0.4) is 0 Å². The molecule has 7 heteroatoms. The molecule has 2 aromatic rings. The number of hydrogen-bond acceptors (Lipinski definition) is 5. The number of anilines is 1. The van der Waals surface area contributed by atoms with Gasteiger partial charge in [-0.1, -0.05) is 57.2 Å². The summed E-state index contributed by atoms with van der Waals surface area (Å²) >= 11 is 1.29. The van der Waals surface area contributed by atoms with Gasteiger partial charge < -0.3 is 15.2 Å². The van der Waals surface area contributed by atoms with Crippen molar-refractivity contribution in [1.82, 2.24) is 0 Å². The number of ether oxygens (including phenoxy) is 1. The molecule has 0 fully saturated rings. The van der Waals surface area contributed by atoms with E-state index in [1.165, 1.54) is 24.0 Å². The third-order valence-electron chi connectivity index (χ3n) is 5.84. The molecule has 0 saturated carbocycles. The lowest BCUT2D eigenvalue weighted by molar-refractivity contribution is -0.146. The van der Waals surface area contributed by atoms with Crippen LogP contribution in [-0.4, -0.2) is 30.1 Å². The molecule has 3 rings (SSSR count). The number of nitrogens with one attached hydrogen (secondary N) is 1. The number of allylic oxidation sites excluding steroid dienone is 2. The molecule has 1 aromatic heterocycles. The van der Waals surface area contributed by atoms with E-state index in [1.807, 2.05) is 37.3 Å². The Kier molecular flexibility index (Phi) is 6.88. The molecule has 6 nitrogen and oxygen atoms in total. The predicted molar refractivity (Wildman–Crippen MR) is 126 cm³/mol. The van der Waals surface area contributed by atoms with E-state index in [2.05, 4.69) is 26.1 Å². The number of benzene rings is 1. The van der Waals surface area contributed by atoms with Crippen LogP contribution in [0.15, 0.2) is 36.4 Å². The van der Waals surface area contributed by atoms with Crippen molar-refractivity contribution in [3.8, 4) is 11.1 Å². The first-order chi connectivity index (χ1) is 15.0. The van der Waals surface area contributed by atoms with Crippen LogP contribution in [0.2, 0.25) is 0 Å². The van der Waals surface area contributed by atoms with Crippen LogP contribution in [0.4, 0.5) is 5.00 Å². The van der Waals surface area contributed by atoms with E-state index in [-0.39, 0.29) is 5.41 Å². The van der Waals surface area contributed by atoms with Crippen molar-refractivity contribution in [1.29, 1.82) is 0 Å². The van der Waals surface area contributed by atoms with Crippen LogP contribution in [0.5, 0.6) is 0 Å². The highest BCUT2D eigenvalue weighted by molar-refractivity contribution is 7.17. The summed E-state index contributed by atoms with van der Waals surface area (Å²) < 4.78 is 5.03. The first-order valence-corrected chi connectivity index (χ1v) is 11.4. The number of rotatable bonds is 5. The summed E-state index contributed by atoms with van der Waals surface area (Å²) in [6, 6.07) is 8.02. The van der Waals surface area contributed by atoms with Gasteiger partial charge in [0, 0.05) is 10.4 Å². The maximum Gasteiger partial charge on any atom is 0.341 e. The molecule has 0 saturated heterocycles. The summed E-state index contributed by atoms with van der Waals surface area (Å²) in [5, 5.41) is 12.7. The largest absolute Gasteiger partial charge is 0.481 e. The van der Waals surface area contributed by atoms with Crippen molar-refractivity contribution in [3.05, 3.63) is 52.4 Å². The molecular formula is C25H29NO5S. The molecular weight excluding hydrogens is 426 g/mol. The molecule has 170 valence electrons. The minimum atomic E-state index is -0.996. The van der Waals surface area contributed by atoms with Gasteiger partial charge in [0.05, 0.1) is 18.9 Å². The van der Waals surface area contributed by atoms with Gasteiger partial charge in [-0.3, -0.25) is 9.59 Å². The fourth-order valence-corrected chi connectivity index (χ4v) is 5.06. The molecule has 1 amide bonds. The Balaban J connectivity index is 1.99. The highest BCUT2D eigenvalue weighted by Crippen LogP contribution is 2.41. The van der Waals surface area contributed by atoms with Gasteiger partial charge in [0.2, 0.25) is 5.91 Å². The molecule has 0 aliphatic heterocycles. The van der Waals surface area contributed by atoms with Crippen LogP contribution in [0, 0.1) is 18.8 Å². The minimum Gasteiger partial charge on any atom is -0.481 e. The van der Waals surface area contributed by atoms with Crippen LogP contribution >= 0.6 is 11.3 Å². The molecule has 1 aliphatic rings. The molecule has 0 spiro atoms. The summed E-state index contributed by atoms with van der Waals surface area (Å²) in [6.45, 7) is 8.30. The van der Waals surface area contributed by atoms with Gasteiger partial charge >= 0.3 is 11.9 Å². The average molecular weight is 456 g/mol. The predicted octanol–water partition coefficient (Wildman–Crippen LogP) is 5.41. The first-order valence-electron chi connectivity index (χ1n) is 10.6. The fourth-order valence-electron chi connectivity index (χ4n) is 4.00. The highest BCUT2D eigenvalue weighted by Gasteiger charge is 2.35. The molecule has 0 radical (unpaired) electrons. The topological polar surface area (TPSA) is 92.7 Å². The van der Waals surface area contributed by atoms with E-state index >= 15 is 0 Å². The molecule has 2 atom stereocenters. The summed E-state index contributed by atoms with van der Waals surface area (Å²) in [5.74, 6) is -3.42. The lowest BCUT2D eigenvalue weighted by atomic mass is 9.82. The van der Waals surface area contributed by atoms with E-state index in [9.17, 15) is 19.5 Å². The summed E-state index contributed by atoms with van der Waals surface area (Å²) in [5.41, 5.74) is 3.05. The quantitative estimate of drug-likeness (QED) is 0.464. The number of thiophene rings is 1. The molecule has 1 aliphatic carbocycles. The Labute approximate surface area is 192 Å². The third-order valence-corrected chi connectivity index (χ3v) is 6.86. The normalized spacial score (nSPS) is 18.3. The second-order valence-corrected chi connectivity index (χ2v) is 10.3. The molecule has 1 aromatic carbocycles. The van der Waals surface area contributed by atoms with Gasteiger partial charge in [0.1, 0.15) is 10.6 Å². The summed E-state index contributed by atoms with van der Waals surface area (Å²) in [6.07, 6.45) is 4.28. The standard InChI is InChI=1S/C25H29NO5S/c1-14-19(15-10-12-16(13-11-15)25(2,3)4)20(24(30)31-5)22(32-14)26-21(27)17-8-6-7-9-18(17)23(28)29/h6-7,10-13,17-18H,8-9H2,1-5H3,(H,26,27)(H,28,29)/t17-,18-/m1/s1. The average Bonchev–Trinajstić information content (AvgIpc) is 3.08. The maximum atomic E-state index is 13.0. The van der Waals surface area contributed by atoms with Crippen molar-refractivity contribution in [2.24, 2.45) is 11.8 Å². The minimum absolute atomic E-state index is 0.00165. The van der Waals surface area contributed by atoms with Crippen LogP contribution in [-0.2, 0) is 19.7 Å². The number of amides is 1. The number of esters is 1. The Morgan fingerprint density at radius 1 is 1.06 bits per heavy atom. The monoisotopic (exact) mass is 455 g/mol. The second-order valence-electron chi connectivity index (χ2n) is 9.04. The zero-order chi connectivity index (χ0) is 23.6. The van der Waals surface area contributed by atoms with E-state index < -0.39 is 29.7 Å². The molecule has 1 heterocycles. The lowest BCUT2D eigenvalue weighted by Gasteiger charge is -2.24. The summed E-state index contributed by atoms with van der Waals surface area (Å²) in [4.78, 5) is 38.2. The Morgan fingerprint density at radius 3 is 2.19 bits per heavy atom. The number of aliphatic carboxylic acids is 1. The van der Waals surface area contributed by atoms with Crippen molar-refractivity contribution >= 4 is 34.2 Å². The molecule has 32 heavy (non-hydrogen) atoms. The van der Waals surface area contributed by atoms with Gasteiger partial charge in [0.25, 0.3) is 0 Å². The number of carbonyl (C=O) groups excluding carboxylic acids is 2. The van der Waals surface area contributed by atoms with Gasteiger partial charge in [0.15, 0.2) is 0 Å².